The van der Waals surface area contributed by atoms with Gasteiger partial charge in [0.2, 0.25) is 15.9 Å². The summed E-state index contributed by atoms with van der Waals surface area (Å²) in [6, 6.07) is 12.9. The van der Waals surface area contributed by atoms with Crippen LogP contribution in [0.25, 0.3) is 0 Å². The lowest BCUT2D eigenvalue weighted by atomic mass is 10.2. The van der Waals surface area contributed by atoms with E-state index in [0.717, 1.165) is 16.4 Å². The van der Waals surface area contributed by atoms with E-state index in [1.165, 1.54) is 42.7 Å². The van der Waals surface area contributed by atoms with Gasteiger partial charge in [0.25, 0.3) is 0 Å². The van der Waals surface area contributed by atoms with Crippen molar-refractivity contribution in [1.29, 1.82) is 0 Å². The molecule has 1 amide bonds. The molecule has 2 aromatic carbocycles. The number of carbonyl (C=O) groups excluding carboxylic acids is 1. The summed E-state index contributed by atoms with van der Waals surface area (Å²) in [5.41, 5.74) is -0.942. The Balaban J connectivity index is 1.74. The fraction of sp³-hybridized carbons (Fsp3) is 0.190. The number of halogens is 4. The first-order valence-corrected chi connectivity index (χ1v) is 11.1. The number of alkyl halides is 3. The summed E-state index contributed by atoms with van der Waals surface area (Å²) in [4.78, 5) is 12.3. The minimum Gasteiger partial charge on any atom is -0.468 e. The maximum absolute atomic E-state index is 13.1. The number of hydrogen-bond acceptors (Lipinski definition) is 4. The van der Waals surface area contributed by atoms with Gasteiger partial charge in [0.1, 0.15) is 5.76 Å². The molecule has 3 rings (SSSR count). The molecular weight excluding hydrogens is 469 g/mol. The van der Waals surface area contributed by atoms with Crippen molar-refractivity contribution in [3.63, 3.8) is 0 Å². The van der Waals surface area contributed by atoms with Gasteiger partial charge in [0, 0.05) is 23.7 Å². The third kappa shape index (κ3) is 6.12. The molecule has 0 fully saturated rings. The lowest BCUT2D eigenvalue weighted by Gasteiger charge is -2.21. The zero-order chi connectivity index (χ0) is 23.4. The van der Waals surface area contributed by atoms with E-state index in [1.807, 2.05) is 0 Å². The van der Waals surface area contributed by atoms with Crippen LogP contribution in [0.2, 0.25) is 5.02 Å². The number of carbonyl (C=O) groups is 1. The molecule has 0 saturated heterocycles. The van der Waals surface area contributed by atoms with Crippen LogP contribution < -0.4 is 5.32 Å². The summed E-state index contributed by atoms with van der Waals surface area (Å²) in [6.07, 6.45) is -3.44. The summed E-state index contributed by atoms with van der Waals surface area (Å²) in [7, 11) is -4.00. The molecule has 0 atom stereocenters. The van der Waals surface area contributed by atoms with Crippen LogP contribution in [0.4, 0.5) is 18.9 Å². The highest BCUT2D eigenvalue weighted by Gasteiger charge is 2.30. The second-order valence-electron chi connectivity index (χ2n) is 6.75. The Bertz CT molecular complexity index is 1160. The predicted octanol–water partition coefficient (Wildman–Crippen LogP) is 5.17. The summed E-state index contributed by atoms with van der Waals surface area (Å²) < 4.78 is 71.0. The number of nitrogens with one attached hydrogen (secondary N) is 1. The lowest BCUT2D eigenvalue weighted by Crippen LogP contribution is -2.33. The van der Waals surface area contributed by atoms with E-state index in [9.17, 15) is 26.4 Å². The zero-order valence-electron chi connectivity index (χ0n) is 16.5. The molecule has 11 heteroatoms. The lowest BCUT2D eigenvalue weighted by molar-refractivity contribution is -0.137. The number of benzene rings is 2. The molecule has 0 unspecified atom stereocenters. The molecule has 170 valence electrons. The van der Waals surface area contributed by atoms with Crippen LogP contribution in [0.1, 0.15) is 17.7 Å². The van der Waals surface area contributed by atoms with Gasteiger partial charge in [-0.05, 0) is 54.6 Å². The van der Waals surface area contributed by atoms with Gasteiger partial charge in [0.05, 0.1) is 23.3 Å². The van der Waals surface area contributed by atoms with Gasteiger partial charge < -0.3 is 9.73 Å². The van der Waals surface area contributed by atoms with Crippen molar-refractivity contribution in [2.24, 2.45) is 0 Å². The van der Waals surface area contributed by atoms with E-state index in [2.05, 4.69) is 5.32 Å². The predicted molar refractivity (Wildman–Crippen MR) is 112 cm³/mol. The number of furan rings is 1. The van der Waals surface area contributed by atoms with E-state index >= 15 is 0 Å². The first-order chi connectivity index (χ1) is 15.1. The summed E-state index contributed by atoms with van der Waals surface area (Å²) in [6.45, 7) is -0.356. The number of sulfonamides is 1. The van der Waals surface area contributed by atoms with Crippen molar-refractivity contribution < 1.29 is 30.8 Å². The van der Waals surface area contributed by atoms with Crippen molar-refractivity contribution in [2.45, 2.75) is 24.0 Å². The zero-order valence-corrected chi connectivity index (χ0v) is 18.0. The first-order valence-electron chi connectivity index (χ1n) is 9.31. The average Bonchev–Trinajstić information content (AvgIpc) is 3.24. The summed E-state index contributed by atoms with van der Waals surface area (Å²) in [5, 5.41) is 2.73. The largest absolute Gasteiger partial charge is 0.468 e. The monoisotopic (exact) mass is 486 g/mol. The molecule has 1 heterocycles. The SMILES string of the molecule is O=C(CCN(Cc1ccco1)S(=O)(=O)c1ccc(Cl)cc1)Nc1cccc(C(F)(F)F)c1. The van der Waals surface area contributed by atoms with Gasteiger partial charge in [-0.2, -0.15) is 17.5 Å². The van der Waals surface area contributed by atoms with Crippen LogP contribution >= 0.6 is 11.6 Å². The number of anilines is 1. The van der Waals surface area contributed by atoms with Crippen molar-refractivity contribution in [3.8, 4) is 0 Å². The molecule has 0 spiro atoms. The quantitative estimate of drug-likeness (QED) is 0.476. The van der Waals surface area contributed by atoms with Crippen molar-refractivity contribution in [1.82, 2.24) is 4.31 Å². The maximum Gasteiger partial charge on any atom is 0.416 e. The highest BCUT2D eigenvalue weighted by molar-refractivity contribution is 7.89. The van der Waals surface area contributed by atoms with Gasteiger partial charge in [-0.25, -0.2) is 8.42 Å². The third-order valence-electron chi connectivity index (χ3n) is 4.43. The van der Waals surface area contributed by atoms with Crippen LogP contribution in [0.15, 0.2) is 76.2 Å². The van der Waals surface area contributed by atoms with Crippen molar-refractivity contribution in [3.05, 3.63) is 83.3 Å². The molecule has 3 aromatic rings. The smallest absolute Gasteiger partial charge is 0.416 e. The van der Waals surface area contributed by atoms with Crippen LogP contribution in [0.3, 0.4) is 0 Å². The van der Waals surface area contributed by atoms with Gasteiger partial charge in [-0.1, -0.05) is 17.7 Å². The molecule has 0 aliphatic carbocycles. The third-order valence-corrected chi connectivity index (χ3v) is 6.54. The normalized spacial score (nSPS) is 12.2. The highest BCUT2D eigenvalue weighted by atomic mass is 35.5. The van der Waals surface area contributed by atoms with Crippen LogP contribution in [0.5, 0.6) is 0 Å². The van der Waals surface area contributed by atoms with E-state index in [4.69, 9.17) is 16.0 Å². The second kappa shape index (κ2) is 9.76. The molecule has 0 aliphatic heterocycles. The van der Waals surface area contributed by atoms with E-state index in [0.29, 0.717) is 10.8 Å². The number of hydrogen-bond donors (Lipinski definition) is 1. The molecule has 6 nitrogen and oxygen atoms in total. The Kier molecular flexibility index (Phi) is 7.27. The average molecular weight is 487 g/mol. The van der Waals surface area contributed by atoms with E-state index < -0.39 is 27.7 Å². The standard InChI is InChI=1S/C21H18ClF3N2O4S/c22-16-6-8-19(9-7-16)32(29,30)27(14-18-5-2-12-31-18)11-10-20(28)26-17-4-1-3-15(13-17)21(23,24)25/h1-9,12-13H,10-11,14H2,(H,26,28). The molecular formula is C21H18ClF3N2O4S. The Morgan fingerprint density at radius 3 is 2.41 bits per heavy atom. The van der Waals surface area contributed by atoms with Gasteiger partial charge in [-0.3, -0.25) is 4.79 Å². The minimum atomic E-state index is -4.55. The van der Waals surface area contributed by atoms with Crippen LogP contribution in [-0.4, -0.2) is 25.2 Å². The number of amides is 1. The Morgan fingerprint density at radius 2 is 1.78 bits per heavy atom. The Hall–Kier alpha value is -2.82. The second-order valence-corrected chi connectivity index (χ2v) is 9.12. The first kappa shape index (κ1) is 23.8. The molecule has 32 heavy (non-hydrogen) atoms. The van der Waals surface area contributed by atoms with Gasteiger partial charge in [0.15, 0.2) is 0 Å². The maximum atomic E-state index is 13.1. The molecule has 0 saturated carbocycles. The molecule has 0 aliphatic rings. The topological polar surface area (TPSA) is 79.6 Å². The molecule has 0 bridgehead atoms. The number of nitrogens with zero attached hydrogens (tertiary/aromatic N) is 1. The Labute approximate surface area is 187 Å². The highest BCUT2D eigenvalue weighted by Crippen LogP contribution is 2.30. The van der Waals surface area contributed by atoms with E-state index in [-0.39, 0.29) is 30.1 Å². The summed E-state index contributed by atoms with van der Waals surface area (Å²) in [5.74, 6) is -0.277. The fourth-order valence-corrected chi connectivity index (χ4v) is 4.37. The van der Waals surface area contributed by atoms with E-state index in [1.54, 1.807) is 12.1 Å². The summed E-state index contributed by atoms with van der Waals surface area (Å²) >= 11 is 5.83. The van der Waals surface area contributed by atoms with Crippen molar-refractivity contribution >= 4 is 33.2 Å². The van der Waals surface area contributed by atoms with Crippen LogP contribution in [0, 0.1) is 0 Å². The fourth-order valence-electron chi connectivity index (χ4n) is 2.84. The minimum absolute atomic E-state index is 0.0215. The van der Waals surface area contributed by atoms with Crippen LogP contribution in [-0.2, 0) is 27.5 Å². The Morgan fingerprint density at radius 1 is 1.06 bits per heavy atom. The molecule has 1 aromatic heterocycles. The van der Waals surface area contributed by atoms with Crippen molar-refractivity contribution in [2.75, 3.05) is 11.9 Å². The molecule has 1 N–H and O–H groups in total. The number of rotatable bonds is 8. The van der Waals surface area contributed by atoms with Gasteiger partial charge in [-0.15, -0.1) is 0 Å². The molecule has 0 radical (unpaired) electrons. The van der Waals surface area contributed by atoms with Gasteiger partial charge >= 0.3 is 6.18 Å².